The highest BCUT2D eigenvalue weighted by molar-refractivity contribution is 7.17. The summed E-state index contributed by atoms with van der Waals surface area (Å²) in [7, 11) is 0. The van der Waals surface area contributed by atoms with Crippen molar-refractivity contribution < 1.29 is 19.1 Å². The lowest BCUT2D eigenvalue weighted by atomic mass is 9.99. The first-order valence-corrected chi connectivity index (χ1v) is 10.8. The van der Waals surface area contributed by atoms with Crippen molar-refractivity contribution in [2.45, 2.75) is 32.6 Å². The van der Waals surface area contributed by atoms with Gasteiger partial charge in [-0.15, -0.1) is 11.3 Å². The van der Waals surface area contributed by atoms with E-state index < -0.39 is 12.1 Å². The minimum Gasteiger partial charge on any atom is -0.488 e. The lowest BCUT2D eigenvalue weighted by molar-refractivity contribution is -0.140. The van der Waals surface area contributed by atoms with Gasteiger partial charge in [0.25, 0.3) is 5.91 Å². The number of carbonyl (C=O) groups is 2. The molecule has 0 aliphatic carbocycles. The molecule has 1 unspecified atom stereocenters. The number of esters is 1. The summed E-state index contributed by atoms with van der Waals surface area (Å²) in [5.41, 5.74) is 4.38. The zero-order chi connectivity index (χ0) is 20.7. The predicted molar refractivity (Wildman–Crippen MR) is 115 cm³/mol. The standard InChI is InChI=1S/C24H21NO4S/c1-15(23(26)25-11-10-16-6-2-3-7-17(16)13-25)29-24(27)21-12-18-14-28-20-9-5-4-8-19(20)22(18)30-21/h2-9,12,15H,10-11,13-14H2,1H3. The van der Waals surface area contributed by atoms with E-state index in [0.717, 1.165) is 33.7 Å². The Labute approximate surface area is 178 Å². The van der Waals surface area contributed by atoms with Gasteiger partial charge in [0.05, 0.1) is 0 Å². The van der Waals surface area contributed by atoms with E-state index in [1.54, 1.807) is 11.8 Å². The summed E-state index contributed by atoms with van der Waals surface area (Å²) in [6.45, 7) is 3.27. The summed E-state index contributed by atoms with van der Waals surface area (Å²) in [5, 5.41) is 0. The molecule has 5 nitrogen and oxygen atoms in total. The second-order valence-electron chi connectivity index (χ2n) is 7.58. The van der Waals surface area contributed by atoms with Crippen LogP contribution in [-0.4, -0.2) is 29.4 Å². The van der Waals surface area contributed by atoms with Crippen LogP contribution in [0.15, 0.2) is 54.6 Å². The van der Waals surface area contributed by atoms with Gasteiger partial charge in [-0.2, -0.15) is 0 Å². The van der Waals surface area contributed by atoms with Gasteiger partial charge in [0.2, 0.25) is 0 Å². The molecular weight excluding hydrogens is 398 g/mol. The van der Waals surface area contributed by atoms with Crippen molar-refractivity contribution in [2.75, 3.05) is 6.54 Å². The number of carbonyl (C=O) groups excluding carboxylic acids is 2. The number of hydrogen-bond acceptors (Lipinski definition) is 5. The van der Waals surface area contributed by atoms with E-state index in [1.807, 2.05) is 48.5 Å². The van der Waals surface area contributed by atoms with Crippen molar-refractivity contribution in [1.29, 1.82) is 0 Å². The minimum absolute atomic E-state index is 0.159. The van der Waals surface area contributed by atoms with Crippen LogP contribution in [0, 0.1) is 0 Å². The van der Waals surface area contributed by atoms with Crippen LogP contribution < -0.4 is 4.74 Å². The first-order valence-electron chi connectivity index (χ1n) is 10.0. The molecule has 0 fully saturated rings. The van der Waals surface area contributed by atoms with E-state index in [2.05, 4.69) is 6.07 Å². The SMILES string of the molecule is CC(OC(=O)c1cc2c(s1)-c1ccccc1OC2)C(=O)N1CCc2ccccc2C1. The largest absolute Gasteiger partial charge is 0.488 e. The molecule has 0 saturated carbocycles. The van der Waals surface area contributed by atoms with E-state index in [4.69, 9.17) is 9.47 Å². The highest BCUT2D eigenvalue weighted by Crippen LogP contribution is 2.42. The quantitative estimate of drug-likeness (QED) is 0.589. The maximum absolute atomic E-state index is 12.9. The lowest BCUT2D eigenvalue weighted by Crippen LogP contribution is -2.42. The Morgan fingerprint density at radius 2 is 1.83 bits per heavy atom. The molecule has 1 atom stereocenters. The summed E-state index contributed by atoms with van der Waals surface area (Å²) >= 11 is 1.39. The van der Waals surface area contributed by atoms with E-state index >= 15 is 0 Å². The number of thiophene rings is 1. The molecule has 3 heterocycles. The van der Waals surface area contributed by atoms with E-state index in [1.165, 1.54) is 16.9 Å². The van der Waals surface area contributed by atoms with Gasteiger partial charge in [0.15, 0.2) is 6.10 Å². The van der Waals surface area contributed by atoms with Crippen molar-refractivity contribution in [1.82, 2.24) is 4.90 Å². The molecule has 0 bridgehead atoms. The third-order valence-corrected chi connectivity index (χ3v) is 6.79. The van der Waals surface area contributed by atoms with Crippen LogP contribution in [0.1, 0.15) is 33.3 Å². The van der Waals surface area contributed by atoms with Crippen LogP contribution in [0.5, 0.6) is 5.75 Å². The van der Waals surface area contributed by atoms with Gasteiger partial charge in [-0.1, -0.05) is 36.4 Å². The molecule has 5 rings (SSSR count). The van der Waals surface area contributed by atoms with Gasteiger partial charge in [-0.3, -0.25) is 4.79 Å². The molecule has 0 spiro atoms. The summed E-state index contributed by atoms with van der Waals surface area (Å²) < 4.78 is 11.3. The van der Waals surface area contributed by atoms with Crippen LogP contribution >= 0.6 is 11.3 Å². The van der Waals surface area contributed by atoms with Gasteiger partial charge in [0, 0.05) is 29.1 Å². The molecule has 1 amide bonds. The Morgan fingerprint density at radius 1 is 1.07 bits per heavy atom. The van der Waals surface area contributed by atoms with E-state index in [-0.39, 0.29) is 5.91 Å². The lowest BCUT2D eigenvalue weighted by Gasteiger charge is -2.30. The molecule has 30 heavy (non-hydrogen) atoms. The average molecular weight is 420 g/mol. The molecule has 0 radical (unpaired) electrons. The molecule has 0 saturated heterocycles. The number of hydrogen-bond donors (Lipinski definition) is 0. The first kappa shape index (κ1) is 18.9. The summed E-state index contributed by atoms with van der Waals surface area (Å²) in [5.74, 6) is 0.193. The molecule has 0 N–H and O–H groups in total. The van der Waals surface area contributed by atoms with Crippen molar-refractivity contribution in [2.24, 2.45) is 0 Å². The maximum Gasteiger partial charge on any atom is 0.349 e. The van der Waals surface area contributed by atoms with Crippen molar-refractivity contribution in [3.05, 3.63) is 76.2 Å². The van der Waals surface area contributed by atoms with Crippen LogP contribution in [0.2, 0.25) is 0 Å². The van der Waals surface area contributed by atoms with Crippen molar-refractivity contribution in [3.63, 3.8) is 0 Å². The van der Waals surface area contributed by atoms with Crippen LogP contribution in [0.3, 0.4) is 0 Å². The Hall–Kier alpha value is -3.12. The molecule has 152 valence electrons. The fraction of sp³-hybridized carbons (Fsp3) is 0.250. The zero-order valence-corrected chi connectivity index (χ0v) is 17.4. The third kappa shape index (κ3) is 3.37. The Kier molecular flexibility index (Phi) is 4.79. The van der Waals surface area contributed by atoms with Gasteiger partial charge >= 0.3 is 5.97 Å². The van der Waals surface area contributed by atoms with Crippen LogP contribution in [-0.2, 0) is 29.1 Å². The van der Waals surface area contributed by atoms with Gasteiger partial charge in [0.1, 0.15) is 17.2 Å². The number of amides is 1. The summed E-state index contributed by atoms with van der Waals surface area (Å²) in [6.07, 6.45) is -0.00923. The minimum atomic E-state index is -0.828. The number of rotatable bonds is 3. The van der Waals surface area contributed by atoms with Crippen LogP contribution in [0.4, 0.5) is 0 Å². The number of ether oxygens (including phenoxy) is 2. The fourth-order valence-corrected chi connectivity index (χ4v) is 5.09. The van der Waals surface area contributed by atoms with Crippen molar-refractivity contribution in [3.8, 4) is 16.2 Å². The molecule has 2 aliphatic heterocycles. The van der Waals surface area contributed by atoms with Gasteiger partial charge in [-0.25, -0.2) is 4.79 Å². The molecule has 2 aromatic carbocycles. The maximum atomic E-state index is 12.9. The van der Waals surface area contributed by atoms with Crippen LogP contribution in [0.25, 0.3) is 10.4 Å². The normalized spacial score (nSPS) is 15.3. The van der Waals surface area contributed by atoms with Crippen molar-refractivity contribution >= 4 is 23.2 Å². The molecule has 1 aromatic heterocycles. The van der Waals surface area contributed by atoms with E-state index in [0.29, 0.717) is 24.6 Å². The third-order valence-electron chi connectivity index (χ3n) is 5.60. The number of fused-ring (bicyclic) bond motifs is 4. The van der Waals surface area contributed by atoms with Gasteiger partial charge < -0.3 is 14.4 Å². The average Bonchev–Trinajstić information content (AvgIpc) is 3.23. The topological polar surface area (TPSA) is 55.8 Å². The monoisotopic (exact) mass is 419 g/mol. The number of nitrogens with zero attached hydrogens (tertiary/aromatic N) is 1. The van der Waals surface area contributed by atoms with E-state index in [9.17, 15) is 9.59 Å². The Bertz CT molecular complexity index is 1140. The fourth-order valence-electron chi connectivity index (χ4n) is 4.01. The first-order chi connectivity index (χ1) is 14.6. The smallest absolute Gasteiger partial charge is 0.349 e. The molecule has 2 aliphatic rings. The molecule has 6 heteroatoms. The Morgan fingerprint density at radius 3 is 2.70 bits per heavy atom. The second kappa shape index (κ2) is 7.61. The molecular formula is C24H21NO4S. The highest BCUT2D eigenvalue weighted by atomic mass is 32.1. The number of para-hydroxylation sites is 1. The highest BCUT2D eigenvalue weighted by Gasteiger charge is 2.29. The zero-order valence-electron chi connectivity index (χ0n) is 16.6. The molecule has 3 aromatic rings. The summed E-state index contributed by atoms with van der Waals surface area (Å²) in [6, 6.07) is 17.7. The second-order valence-corrected chi connectivity index (χ2v) is 8.63. The predicted octanol–water partition coefficient (Wildman–Crippen LogP) is 4.44. The number of benzene rings is 2. The Balaban J connectivity index is 1.28. The van der Waals surface area contributed by atoms with Gasteiger partial charge in [-0.05, 0) is 42.7 Å². The summed E-state index contributed by atoms with van der Waals surface area (Å²) in [4.78, 5) is 28.9.